The average Bonchev–Trinajstić information content (AvgIpc) is 2.46. The van der Waals surface area contributed by atoms with Gasteiger partial charge in [0.2, 0.25) is 0 Å². The molecule has 112 valence electrons. The van der Waals surface area contributed by atoms with Gasteiger partial charge in [0.25, 0.3) is 0 Å². The Morgan fingerprint density at radius 1 is 1.05 bits per heavy atom. The first-order valence-corrected chi connectivity index (χ1v) is 6.40. The number of hydrogen-bond donors (Lipinski definition) is 0. The quantitative estimate of drug-likeness (QED) is 0.795. The fourth-order valence-electron chi connectivity index (χ4n) is 1.67. The van der Waals surface area contributed by atoms with Crippen molar-refractivity contribution in [1.82, 2.24) is 0 Å². The summed E-state index contributed by atoms with van der Waals surface area (Å²) in [4.78, 5) is 0. The Bertz CT molecular complexity index is 609. The second-order valence-corrected chi connectivity index (χ2v) is 4.69. The van der Waals surface area contributed by atoms with Crippen molar-refractivity contribution in [3.63, 3.8) is 0 Å². The summed E-state index contributed by atoms with van der Waals surface area (Å²) in [6, 6.07) is 9.72. The Labute approximate surface area is 125 Å². The van der Waals surface area contributed by atoms with Crippen molar-refractivity contribution >= 4 is 11.6 Å². The Morgan fingerprint density at radius 2 is 1.71 bits per heavy atom. The molecule has 0 bridgehead atoms. The van der Waals surface area contributed by atoms with Crippen LogP contribution in [0.25, 0.3) is 0 Å². The number of hydrogen-bond acceptors (Lipinski definition) is 2. The predicted molar refractivity (Wildman–Crippen MR) is 73.8 cm³/mol. The van der Waals surface area contributed by atoms with Crippen LogP contribution < -0.4 is 9.47 Å². The highest BCUT2D eigenvalue weighted by Gasteiger charge is 2.29. The van der Waals surface area contributed by atoms with Gasteiger partial charge in [-0.2, -0.15) is 13.2 Å². The third-order valence-corrected chi connectivity index (χ3v) is 3.13. The van der Waals surface area contributed by atoms with Gasteiger partial charge in [-0.15, -0.1) is 0 Å². The van der Waals surface area contributed by atoms with Crippen LogP contribution >= 0.6 is 11.6 Å². The third kappa shape index (κ3) is 4.04. The zero-order chi connectivity index (χ0) is 15.5. The van der Waals surface area contributed by atoms with Crippen molar-refractivity contribution in [2.45, 2.75) is 12.8 Å². The highest BCUT2D eigenvalue weighted by atomic mass is 35.5. The zero-order valence-electron chi connectivity index (χ0n) is 11.1. The lowest BCUT2D eigenvalue weighted by molar-refractivity contribution is -0.137. The summed E-state index contributed by atoms with van der Waals surface area (Å²) in [5.41, 5.74) is -0.0763. The Hall–Kier alpha value is -1.88. The topological polar surface area (TPSA) is 18.5 Å². The Morgan fingerprint density at radius 3 is 2.29 bits per heavy atom. The van der Waals surface area contributed by atoms with Crippen LogP contribution in [-0.2, 0) is 12.8 Å². The number of rotatable bonds is 4. The maximum atomic E-state index is 12.4. The van der Waals surface area contributed by atoms with Gasteiger partial charge in [0, 0.05) is 6.07 Å². The minimum absolute atomic E-state index is 0.116. The van der Waals surface area contributed by atoms with E-state index in [4.69, 9.17) is 21.1 Å². The van der Waals surface area contributed by atoms with E-state index in [0.717, 1.165) is 12.1 Å². The summed E-state index contributed by atoms with van der Waals surface area (Å²) in [6.07, 6.45) is -4.34. The van der Waals surface area contributed by atoms with Crippen molar-refractivity contribution < 1.29 is 22.6 Å². The van der Waals surface area contributed by atoms with E-state index in [0.29, 0.717) is 22.1 Å². The lowest BCUT2D eigenvalue weighted by Gasteiger charge is -2.11. The maximum absolute atomic E-state index is 12.4. The van der Waals surface area contributed by atoms with Gasteiger partial charge in [0.15, 0.2) is 0 Å². The smallest absolute Gasteiger partial charge is 0.416 e. The summed E-state index contributed by atoms with van der Waals surface area (Å²) >= 11 is 5.98. The van der Waals surface area contributed by atoms with Gasteiger partial charge in [-0.3, -0.25) is 0 Å². The molecule has 2 aromatic rings. The van der Waals surface area contributed by atoms with Gasteiger partial charge < -0.3 is 9.47 Å². The van der Waals surface area contributed by atoms with Gasteiger partial charge in [-0.25, -0.2) is 0 Å². The maximum Gasteiger partial charge on any atom is 0.416 e. The fourth-order valence-corrected chi connectivity index (χ4v) is 1.84. The van der Waals surface area contributed by atoms with Crippen LogP contribution in [0.3, 0.4) is 0 Å². The number of halogens is 4. The van der Waals surface area contributed by atoms with E-state index in [2.05, 4.69) is 0 Å². The minimum atomic E-state index is -4.34. The van der Waals surface area contributed by atoms with Gasteiger partial charge in [0.05, 0.1) is 17.7 Å². The summed E-state index contributed by atoms with van der Waals surface area (Å²) in [5.74, 6) is 0.998. The van der Waals surface area contributed by atoms with E-state index in [1.165, 1.54) is 19.2 Å². The molecule has 0 aliphatic heterocycles. The average molecular weight is 317 g/mol. The first kappa shape index (κ1) is 15.5. The lowest BCUT2D eigenvalue weighted by atomic mass is 10.1. The number of methoxy groups -OCH3 is 1. The van der Waals surface area contributed by atoms with Crippen molar-refractivity contribution in [3.05, 3.63) is 58.6 Å². The monoisotopic (exact) mass is 316 g/mol. The van der Waals surface area contributed by atoms with Crippen molar-refractivity contribution in [2.24, 2.45) is 0 Å². The van der Waals surface area contributed by atoms with Gasteiger partial charge in [-0.1, -0.05) is 23.7 Å². The van der Waals surface area contributed by atoms with Crippen molar-refractivity contribution in [1.29, 1.82) is 0 Å². The van der Waals surface area contributed by atoms with E-state index >= 15 is 0 Å². The molecule has 0 heterocycles. The van der Waals surface area contributed by atoms with Crippen molar-refractivity contribution in [3.8, 4) is 11.5 Å². The van der Waals surface area contributed by atoms with Crippen LogP contribution in [0.2, 0.25) is 5.02 Å². The molecule has 0 aliphatic carbocycles. The fraction of sp³-hybridized carbons (Fsp3) is 0.200. The van der Waals surface area contributed by atoms with Crippen molar-refractivity contribution in [2.75, 3.05) is 7.11 Å². The first-order chi connectivity index (χ1) is 9.90. The molecule has 0 saturated carbocycles. The third-order valence-electron chi connectivity index (χ3n) is 2.81. The van der Waals surface area contributed by atoms with Crippen LogP contribution in [-0.4, -0.2) is 7.11 Å². The zero-order valence-corrected chi connectivity index (χ0v) is 11.8. The SMILES string of the molecule is COc1ccc(Cl)c(OCc2ccc(C(F)(F)F)cc2)c1. The molecule has 0 unspecified atom stereocenters. The molecule has 0 aromatic heterocycles. The normalized spacial score (nSPS) is 11.3. The standard InChI is InChI=1S/C15H12ClF3O2/c1-20-12-6-7-13(16)14(8-12)21-9-10-2-4-11(5-3-10)15(17,18)19/h2-8H,9H2,1H3. The largest absolute Gasteiger partial charge is 0.497 e. The first-order valence-electron chi connectivity index (χ1n) is 6.02. The summed E-state index contributed by atoms with van der Waals surface area (Å²) in [7, 11) is 1.52. The molecule has 0 fully saturated rings. The Kier molecular flexibility index (Phi) is 4.63. The number of ether oxygens (including phenoxy) is 2. The second-order valence-electron chi connectivity index (χ2n) is 4.28. The Balaban J connectivity index is 2.06. The van der Waals surface area contributed by atoms with E-state index < -0.39 is 11.7 Å². The van der Waals surface area contributed by atoms with E-state index in [-0.39, 0.29) is 6.61 Å². The van der Waals surface area contributed by atoms with Gasteiger partial charge in [0.1, 0.15) is 18.1 Å². The minimum Gasteiger partial charge on any atom is -0.497 e. The molecule has 0 radical (unpaired) electrons. The van der Waals surface area contributed by atoms with Crippen LogP contribution in [0, 0.1) is 0 Å². The van der Waals surface area contributed by atoms with Gasteiger partial charge >= 0.3 is 6.18 Å². The molecule has 2 nitrogen and oxygen atoms in total. The molecule has 0 spiro atoms. The molecular formula is C15H12ClF3O2. The highest BCUT2D eigenvalue weighted by molar-refractivity contribution is 6.32. The molecule has 2 aromatic carbocycles. The molecular weight excluding hydrogens is 305 g/mol. The molecule has 0 saturated heterocycles. The molecule has 0 N–H and O–H groups in total. The van der Waals surface area contributed by atoms with Crippen LogP contribution in [0.1, 0.15) is 11.1 Å². The second kappa shape index (κ2) is 6.26. The summed E-state index contributed by atoms with van der Waals surface area (Å²) < 4.78 is 47.9. The molecule has 2 rings (SSSR count). The van der Waals surface area contributed by atoms with E-state index in [1.807, 2.05) is 0 Å². The van der Waals surface area contributed by atoms with E-state index in [9.17, 15) is 13.2 Å². The highest BCUT2D eigenvalue weighted by Crippen LogP contribution is 2.31. The lowest BCUT2D eigenvalue weighted by Crippen LogP contribution is -2.05. The van der Waals surface area contributed by atoms with E-state index in [1.54, 1.807) is 18.2 Å². The molecule has 6 heteroatoms. The number of benzene rings is 2. The number of alkyl halides is 3. The molecule has 0 aliphatic rings. The van der Waals surface area contributed by atoms with Gasteiger partial charge in [-0.05, 0) is 29.8 Å². The molecule has 0 amide bonds. The summed E-state index contributed by atoms with van der Waals surface area (Å²) in [6.45, 7) is 0.116. The van der Waals surface area contributed by atoms with Crippen LogP contribution in [0.4, 0.5) is 13.2 Å². The predicted octanol–water partition coefficient (Wildman–Crippen LogP) is 4.95. The molecule has 21 heavy (non-hydrogen) atoms. The van der Waals surface area contributed by atoms with Crippen LogP contribution in [0.5, 0.6) is 11.5 Å². The van der Waals surface area contributed by atoms with Crippen LogP contribution in [0.15, 0.2) is 42.5 Å². The summed E-state index contributed by atoms with van der Waals surface area (Å²) in [5, 5.41) is 0.405. The molecule has 0 atom stereocenters.